The lowest BCUT2D eigenvalue weighted by atomic mass is 9.91. The van der Waals surface area contributed by atoms with Crippen LogP contribution in [0.25, 0.3) is 0 Å². The number of nitrogens with zero attached hydrogens (tertiary/aromatic N) is 3. The molecule has 5 nitrogen and oxygen atoms in total. The third-order valence-corrected chi connectivity index (χ3v) is 7.22. The first kappa shape index (κ1) is 18.7. The highest BCUT2D eigenvalue weighted by Crippen LogP contribution is 2.40. The topological polar surface area (TPSA) is 52.2 Å². The molecule has 0 radical (unpaired) electrons. The van der Waals surface area contributed by atoms with Crippen LogP contribution in [-0.4, -0.2) is 44.0 Å². The zero-order chi connectivity index (χ0) is 20.1. The Hall–Kier alpha value is -2.30. The highest BCUT2D eigenvalue weighted by molar-refractivity contribution is 5.95. The van der Waals surface area contributed by atoms with Crippen molar-refractivity contribution in [1.82, 2.24) is 20.0 Å². The number of allylic oxidation sites excluding steroid dienone is 5. The lowest BCUT2D eigenvalue weighted by Crippen LogP contribution is -2.45. The van der Waals surface area contributed by atoms with Gasteiger partial charge in [-0.05, 0) is 76.9 Å². The fraction of sp³-hybridized carbons (Fsp3) is 0.583. The van der Waals surface area contributed by atoms with Gasteiger partial charge in [0.25, 0.3) is 5.91 Å². The molecular formula is C24H32N4O. The molecule has 29 heavy (non-hydrogen) atoms. The Morgan fingerprint density at radius 2 is 2.00 bits per heavy atom. The second-order valence-corrected chi connectivity index (χ2v) is 9.27. The van der Waals surface area contributed by atoms with Gasteiger partial charge in [0, 0.05) is 47.2 Å². The van der Waals surface area contributed by atoms with Gasteiger partial charge >= 0.3 is 0 Å². The maximum absolute atomic E-state index is 13.8. The summed E-state index contributed by atoms with van der Waals surface area (Å²) in [6.07, 6.45) is 14.8. The molecule has 5 rings (SSSR count). The molecular weight excluding hydrogens is 360 g/mol. The zero-order valence-electron chi connectivity index (χ0n) is 17.9. The number of carbonyl (C=O) groups is 1. The number of nitrogens with one attached hydrogen (secondary N) is 1. The van der Waals surface area contributed by atoms with Crippen molar-refractivity contribution in [3.05, 3.63) is 52.1 Å². The summed E-state index contributed by atoms with van der Waals surface area (Å²) in [4.78, 5) is 18.5. The number of aromatic amines is 1. The number of hydrogen-bond donors (Lipinski definition) is 1. The average molecular weight is 393 g/mol. The summed E-state index contributed by atoms with van der Waals surface area (Å²) in [5.74, 6) is 0.292. The van der Waals surface area contributed by atoms with Gasteiger partial charge in [-0.3, -0.25) is 9.89 Å². The molecule has 4 aliphatic rings. The van der Waals surface area contributed by atoms with Gasteiger partial charge in [0.2, 0.25) is 0 Å². The molecule has 1 fully saturated rings. The minimum Gasteiger partial charge on any atom is -0.345 e. The van der Waals surface area contributed by atoms with Crippen molar-refractivity contribution in [2.75, 3.05) is 0 Å². The Bertz CT molecular complexity index is 917. The second-order valence-electron chi connectivity index (χ2n) is 9.27. The standard InChI is InChI=1S/C24H32N4O/c1-15-6-4-5-7-23(15)27-16(2)12-21(17(27)3)24(29)28(19-8-9-19)20-10-11-22-18(13-20)14-25-26-22/h4,6,14,16,19-20H,5,7-13H2,1-3H3,(H,25,26). The SMILES string of the molecule is CC1=C(N2C(C)=C(C(=O)N(C3CC3)C3CCc4[nH]ncc4C3)CC2C)CCC=C1. The van der Waals surface area contributed by atoms with Crippen LogP contribution in [0.1, 0.15) is 70.6 Å². The molecule has 2 heterocycles. The molecule has 1 aromatic rings. The fourth-order valence-corrected chi connectivity index (χ4v) is 5.58. The first-order valence-electron chi connectivity index (χ1n) is 11.2. The Morgan fingerprint density at radius 1 is 1.17 bits per heavy atom. The van der Waals surface area contributed by atoms with Gasteiger partial charge in [0.15, 0.2) is 0 Å². The maximum Gasteiger partial charge on any atom is 0.252 e. The Morgan fingerprint density at radius 3 is 2.76 bits per heavy atom. The molecule has 5 heteroatoms. The first-order chi connectivity index (χ1) is 14.0. The van der Waals surface area contributed by atoms with Gasteiger partial charge in [0.05, 0.1) is 6.20 Å². The molecule has 0 aromatic carbocycles. The van der Waals surface area contributed by atoms with Crippen LogP contribution in [0.4, 0.5) is 0 Å². The molecule has 0 bridgehead atoms. The van der Waals surface area contributed by atoms with E-state index in [2.05, 4.69) is 52.9 Å². The zero-order valence-corrected chi connectivity index (χ0v) is 17.9. The third kappa shape index (κ3) is 3.24. The largest absolute Gasteiger partial charge is 0.345 e. The van der Waals surface area contributed by atoms with Crippen LogP contribution in [0.15, 0.2) is 40.9 Å². The monoisotopic (exact) mass is 392 g/mol. The Labute approximate surface area is 173 Å². The molecule has 1 aromatic heterocycles. The number of H-pyrrole nitrogens is 1. The predicted octanol–water partition coefficient (Wildman–Crippen LogP) is 4.25. The summed E-state index contributed by atoms with van der Waals surface area (Å²) in [7, 11) is 0. The number of fused-ring (bicyclic) bond motifs is 1. The van der Waals surface area contributed by atoms with Crippen molar-refractivity contribution < 1.29 is 4.79 Å². The number of amides is 1. The van der Waals surface area contributed by atoms with Gasteiger partial charge in [0.1, 0.15) is 0 Å². The summed E-state index contributed by atoms with van der Waals surface area (Å²) < 4.78 is 0. The summed E-state index contributed by atoms with van der Waals surface area (Å²) in [6.45, 7) is 6.63. The summed E-state index contributed by atoms with van der Waals surface area (Å²) in [5, 5.41) is 7.34. The number of hydrogen-bond acceptors (Lipinski definition) is 3. The van der Waals surface area contributed by atoms with E-state index in [-0.39, 0.29) is 0 Å². The minimum atomic E-state index is 0.292. The maximum atomic E-state index is 13.8. The van der Waals surface area contributed by atoms with Crippen LogP contribution in [0.3, 0.4) is 0 Å². The third-order valence-electron chi connectivity index (χ3n) is 7.22. The van der Waals surface area contributed by atoms with E-state index >= 15 is 0 Å². The van der Waals surface area contributed by atoms with E-state index < -0.39 is 0 Å². The van der Waals surface area contributed by atoms with Crippen LogP contribution in [-0.2, 0) is 17.6 Å². The molecule has 2 atom stereocenters. The van der Waals surface area contributed by atoms with Crippen LogP contribution in [0, 0.1) is 0 Å². The van der Waals surface area contributed by atoms with E-state index in [1.165, 1.54) is 28.2 Å². The number of rotatable bonds is 4. The number of carbonyl (C=O) groups excluding carboxylic acids is 1. The molecule has 0 saturated heterocycles. The Kier molecular flexibility index (Phi) is 4.64. The van der Waals surface area contributed by atoms with E-state index in [1.54, 1.807) is 0 Å². The van der Waals surface area contributed by atoms with Crippen molar-refractivity contribution in [3.63, 3.8) is 0 Å². The van der Waals surface area contributed by atoms with Gasteiger partial charge in [-0.1, -0.05) is 12.2 Å². The predicted molar refractivity (Wildman–Crippen MR) is 114 cm³/mol. The second kappa shape index (κ2) is 7.19. The Balaban J connectivity index is 1.43. The minimum absolute atomic E-state index is 0.292. The summed E-state index contributed by atoms with van der Waals surface area (Å²) >= 11 is 0. The summed E-state index contributed by atoms with van der Waals surface area (Å²) in [5.41, 5.74) is 7.51. The van der Waals surface area contributed by atoms with E-state index in [9.17, 15) is 4.79 Å². The molecule has 154 valence electrons. The molecule has 3 aliphatic carbocycles. The first-order valence-corrected chi connectivity index (χ1v) is 11.2. The highest BCUT2D eigenvalue weighted by Gasteiger charge is 2.42. The lowest BCUT2D eigenvalue weighted by Gasteiger charge is -2.35. The van der Waals surface area contributed by atoms with Gasteiger partial charge in [-0.25, -0.2) is 0 Å². The molecule has 1 amide bonds. The lowest BCUT2D eigenvalue weighted by molar-refractivity contribution is -0.130. The molecule has 1 saturated carbocycles. The van der Waals surface area contributed by atoms with Crippen LogP contribution in [0.5, 0.6) is 0 Å². The van der Waals surface area contributed by atoms with Crippen molar-refractivity contribution >= 4 is 5.91 Å². The van der Waals surface area contributed by atoms with Crippen molar-refractivity contribution in [2.45, 2.75) is 90.3 Å². The van der Waals surface area contributed by atoms with Gasteiger partial charge < -0.3 is 9.80 Å². The van der Waals surface area contributed by atoms with E-state index in [0.29, 0.717) is 24.0 Å². The molecule has 2 unspecified atom stereocenters. The van der Waals surface area contributed by atoms with E-state index in [1.807, 2.05) is 6.20 Å². The smallest absolute Gasteiger partial charge is 0.252 e. The fourth-order valence-electron chi connectivity index (χ4n) is 5.58. The average Bonchev–Trinajstić information content (AvgIpc) is 3.34. The van der Waals surface area contributed by atoms with Crippen molar-refractivity contribution in [1.29, 1.82) is 0 Å². The molecule has 1 aliphatic heterocycles. The van der Waals surface area contributed by atoms with Gasteiger partial charge in [-0.15, -0.1) is 0 Å². The number of aryl methyl sites for hydroxylation is 1. The van der Waals surface area contributed by atoms with Crippen molar-refractivity contribution in [2.24, 2.45) is 0 Å². The van der Waals surface area contributed by atoms with Crippen LogP contribution >= 0.6 is 0 Å². The molecule has 0 spiro atoms. The molecule has 1 N–H and O–H groups in total. The van der Waals surface area contributed by atoms with E-state index in [0.717, 1.165) is 56.9 Å². The quantitative estimate of drug-likeness (QED) is 0.833. The highest BCUT2D eigenvalue weighted by atomic mass is 16.2. The number of aromatic nitrogens is 2. The normalized spacial score (nSPS) is 26.9. The summed E-state index contributed by atoms with van der Waals surface area (Å²) in [6, 6.07) is 1.10. The van der Waals surface area contributed by atoms with E-state index in [4.69, 9.17) is 0 Å². The van der Waals surface area contributed by atoms with Crippen LogP contribution < -0.4 is 0 Å². The van der Waals surface area contributed by atoms with Crippen molar-refractivity contribution in [3.8, 4) is 0 Å². The van der Waals surface area contributed by atoms with Gasteiger partial charge in [-0.2, -0.15) is 5.10 Å². The van der Waals surface area contributed by atoms with Crippen LogP contribution in [0.2, 0.25) is 0 Å².